The number of phenols is 2. The summed E-state index contributed by atoms with van der Waals surface area (Å²) in [6.45, 7) is 9.63. The number of hydrogen-bond donors (Lipinski definition) is 2. The van der Waals surface area contributed by atoms with Crippen LogP contribution in [-0.4, -0.2) is 22.3 Å². The summed E-state index contributed by atoms with van der Waals surface area (Å²) in [6, 6.07) is 4.48. The highest BCUT2D eigenvalue weighted by molar-refractivity contribution is 5.87. The van der Waals surface area contributed by atoms with Gasteiger partial charge >= 0.3 is 5.97 Å². The summed E-state index contributed by atoms with van der Waals surface area (Å²) < 4.78 is 5.99. The van der Waals surface area contributed by atoms with Gasteiger partial charge in [0.05, 0.1) is 0 Å². The third-order valence-electron chi connectivity index (χ3n) is 9.52. The van der Waals surface area contributed by atoms with E-state index in [0.717, 1.165) is 24.7 Å². The van der Waals surface area contributed by atoms with Crippen LogP contribution in [0.25, 0.3) is 6.08 Å². The van der Waals surface area contributed by atoms with Crippen molar-refractivity contribution < 1.29 is 19.7 Å². The minimum Gasteiger partial charge on any atom is -0.504 e. The lowest BCUT2D eigenvalue weighted by Crippen LogP contribution is -2.56. The van der Waals surface area contributed by atoms with Gasteiger partial charge in [0.2, 0.25) is 0 Å². The summed E-state index contributed by atoms with van der Waals surface area (Å²) in [5, 5.41) is 19.0. The standard InChI is InChI=1S/C24H30O4/c1-21(2)18(28-19(27)8-6-14-5-7-16(25)17(26)11-14)9-10-23(4)20-15-12-24(21,23)13-22(15,20)3/h5-8,11,15,18,20,25-26H,9-10,12-13H2,1-4H3/b8-6+/t15-,18-,20+,22-,23-,24-/m1/s1. The summed E-state index contributed by atoms with van der Waals surface area (Å²) in [5.74, 6) is 1.05. The van der Waals surface area contributed by atoms with Gasteiger partial charge in [0, 0.05) is 11.5 Å². The van der Waals surface area contributed by atoms with Crippen LogP contribution in [-0.2, 0) is 9.53 Å². The van der Waals surface area contributed by atoms with Gasteiger partial charge in [-0.1, -0.05) is 33.8 Å². The fourth-order valence-corrected chi connectivity index (χ4v) is 8.17. The predicted molar refractivity (Wildman–Crippen MR) is 107 cm³/mol. The molecule has 6 rings (SSSR count). The van der Waals surface area contributed by atoms with Gasteiger partial charge in [0.25, 0.3) is 0 Å². The molecule has 0 unspecified atom stereocenters. The van der Waals surface area contributed by atoms with Crippen molar-refractivity contribution >= 4 is 12.0 Å². The fraction of sp³-hybridized carbons (Fsp3) is 0.625. The van der Waals surface area contributed by atoms with Crippen LogP contribution < -0.4 is 0 Å². The van der Waals surface area contributed by atoms with Crippen molar-refractivity contribution in [1.29, 1.82) is 0 Å². The van der Waals surface area contributed by atoms with Crippen LogP contribution >= 0.6 is 0 Å². The Hall–Kier alpha value is -1.97. The molecule has 28 heavy (non-hydrogen) atoms. The third kappa shape index (κ3) is 1.94. The van der Waals surface area contributed by atoms with Crippen LogP contribution in [0.1, 0.15) is 58.9 Å². The van der Waals surface area contributed by atoms with Gasteiger partial charge in [-0.2, -0.15) is 0 Å². The van der Waals surface area contributed by atoms with Crippen molar-refractivity contribution in [2.75, 3.05) is 0 Å². The molecule has 150 valence electrons. The molecular formula is C24H30O4. The molecule has 1 aromatic rings. The third-order valence-corrected chi connectivity index (χ3v) is 9.52. The van der Waals surface area contributed by atoms with Gasteiger partial charge in [0.1, 0.15) is 6.10 Å². The topological polar surface area (TPSA) is 66.8 Å². The van der Waals surface area contributed by atoms with E-state index in [2.05, 4.69) is 27.7 Å². The van der Waals surface area contributed by atoms with E-state index < -0.39 is 0 Å². The lowest BCUT2D eigenvalue weighted by molar-refractivity contribution is -0.179. The van der Waals surface area contributed by atoms with E-state index in [1.807, 2.05) is 0 Å². The van der Waals surface area contributed by atoms with E-state index in [-0.39, 0.29) is 29.0 Å². The minimum absolute atomic E-state index is 0.0262. The first-order chi connectivity index (χ1) is 13.1. The normalized spacial score (nSPS) is 44.5. The molecule has 2 N–H and O–H groups in total. The molecule has 0 radical (unpaired) electrons. The fourth-order valence-electron chi connectivity index (χ4n) is 8.17. The van der Waals surface area contributed by atoms with E-state index in [4.69, 9.17) is 4.74 Å². The highest BCUT2D eigenvalue weighted by Crippen LogP contribution is 2.94. The Morgan fingerprint density at radius 1 is 1.18 bits per heavy atom. The van der Waals surface area contributed by atoms with E-state index in [1.54, 1.807) is 12.1 Å². The highest BCUT2D eigenvalue weighted by atomic mass is 16.5. The lowest BCUT2D eigenvalue weighted by Gasteiger charge is -2.58. The molecule has 1 spiro atoms. The molecule has 4 heteroatoms. The first-order valence-electron chi connectivity index (χ1n) is 10.5. The van der Waals surface area contributed by atoms with Crippen LogP contribution in [0.15, 0.2) is 24.3 Å². The lowest BCUT2D eigenvalue weighted by atomic mass is 9.48. The molecule has 5 aliphatic carbocycles. The maximum atomic E-state index is 12.5. The Kier molecular flexibility index (Phi) is 3.32. The highest BCUT2D eigenvalue weighted by Gasteiger charge is 2.89. The molecule has 6 atom stereocenters. The second kappa shape index (κ2) is 5.14. The second-order valence-electron chi connectivity index (χ2n) is 10.7. The van der Waals surface area contributed by atoms with Crippen molar-refractivity contribution in [3.63, 3.8) is 0 Å². The van der Waals surface area contributed by atoms with Crippen molar-refractivity contribution in [3.8, 4) is 11.5 Å². The molecule has 0 aromatic heterocycles. The maximum Gasteiger partial charge on any atom is 0.331 e. The number of rotatable bonds is 3. The molecule has 0 saturated heterocycles. The summed E-state index contributed by atoms with van der Waals surface area (Å²) in [5.41, 5.74) is 1.85. The number of carbonyl (C=O) groups excluding carboxylic acids is 1. The number of hydrogen-bond acceptors (Lipinski definition) is 4. The van der Waals surface area contributed by atoms with E-state index in [0.29, 0.717) is 21.8 Å². The van der Waals surface area contributed by atoms with Crippen molar-refractivity contribution in [2.24, 2.45) is 33.5 Å². The van der Waals surface area contributed by atoms with Crippen LogP contribution in [0.2, 0.25) is 0 Å². The van der Waals surface area contributed by atoms with Crippen molar-refractivity contribution in [1.82, 2.24) is 0 Å². The number of aromatic hydroxyl groups is 2. The predicted octanol–water partition coefficient (Wildman–Crippen LogP) is 4.90. The number of esters is 1. The summed E-state index contributed by atoms with van der Waals surface area (Å²) in [4.78, 5) is 12.5. The molecule has 5 fully saturated rings. The Bertz CT molecular complexity index is 902. The van der Waals surface area contributed by atoms with E-state index in [9.17, 15) is 15.0 Å². The maximum absolute atomic E-state index is 12.5. The molecule has 5 saturated carbocycles. The van der Waals surface area contributed by atoms with Gasteiger partial charge < -0.3 is 14.9 Å². The molecule has 1 aromatic carbocycles. The summed E-state index contributed by atoms with van der Waals surface area (Å²) in [7, 11) is 0. The van der Waals surface area contributed by atoms with Crippen LogP contribution in [0.4, 0.5) is 0 Å². The van der Waals surface area contributed by atoms with Crippen LogP contribution in [0, 0.1) is 33.5 Å². The first kappa shape index (κ1) is 18.1. The number of phenolic OH excluding ortho intramolecular Hbond substituents is 2. The molecular weight excluding hydrogens is 352 g/mol. The zero-order valence-corrected chi connectivity index (χ0v) is 17.2. The second-order valence-corrected chi connectivity index (χ2v) is 10.7. The Morgan fingerprint density at radius 3 is 2.57 bits per heavy atom. The number of benzene rings is 1. The van der Waals surface area contributed by atoms with Gasteiger partial charge in [-0.15, -0.1) is 0 Å². The zero-order chi connectivity index (χ0) is 20.1. The van der Waals surface area contributed by atoms with Crippen molar-refractivity contribution in [2.45, 2.75) is 59.5 Å². The average molecular weight is 383 g/mol. The Balaban J connectivity index is 1.33. The SMILES string of the molecule is CC1(C)[C@H](OC(=O)/C=C/c2ccc(O)c(O)c2)CC[C@]2(C)[C@H]3[C@H]4C[C@@]12C[C@]43C. The molecule has 5 aliphatic rings. The van der Waals surface area contributed by atoms with Crippen LogP contribution in [0.3, 0.4) is 0 Å². The molecule has 0 amide bonds. The number of carbonyl (C=O) groups is 1. The quantitative estimate of drug-likeness (QED) is 0.443. The largest absolute Gasteiger partial charge is 0.504 e. The average Bonchev–Trinajstić information content (AvgIpc) is 2.87. The first-order valence-corrected chi connectivity index (χ1v) is 10.5. The number of ether oxygens (including phenoxy) is 1. The zero-order valence-electron chi connectivity index (χ0n) is 17.2. The van der Waals surface area contributed by atoms with Gasteiger partial charge in [0.15, 0.2) is 11.5 Å². The summed E-state index contributed by atoms with van der Waals surface area (Å²) in [6.07, 6.45) is 7.65. The van der Waals surface area contributed by atoms with Gasteiger partial charge in [-0.25, -0.2) is 4.79 Å². The van der Waals surface area contributed by atoms with Crippen LogP contribution in [0.5, 0.6) is 11.5 Å². The van der Waals surface area contributed by atoms with Gasteiger partial charge in [-0.05, 0) is 77.5 Å². The Morgan fingerprint density at radius 2 is 1.93 bits per heavy atom. The van der Waals surface area contributed by atoms with E-state index in [1.165, 1.54) is 31.1 Å². The molecule has 4 nitrogen and oxygen atoms in total. The Labute approximate surface area is 166 Å². The van der Waals surface area contributed by atoms with Gasteiger partial charge in [-0.3, -0.25) is 0 Å². The monoisotopic (exact) mass is 382 g/mol. The van der Waals surface area contributed by atoms with Crippen molar-refractivity contribution in [3.05, 3.63) is 29.8 Å². The molecule has 0 aliphatic heterocycles. The minimum atomic E-state index is -0.336. The van der Waals surface area contributed by atoms with E-state index >= 15 is 0 Å². The summed E-state index contributed by atoms with van der Waals surface area (Å²) >= 11 is 0. The smallest absolute Gasteiger partial charge is 0.331 e. The molecule has 0 heterocycles. The molecule has 4 bridgehead atoms.